The lowest BCUT2D eigenvalue weighted by molar-refractivity contribution is -0.120. The number of hydrogen-bond acceptors (Lipinski definition) is 5. The number of carbonyl (C=O) groups is 3. The molecule has 6 nitrogen and oxygen atoms in total. The van der Waals surface area contributed by atoms with Gasteiger partial charge in [-0.3, -0.25) is 14.4 Å². The Morgan fingerprint density at radius 1 is 0.905 bits per heavy atom. The molecule has 222 valence electrons. The zero-order chi connectivity index (χ0) is 30.6. The van der Waals surface area contributed by atoms with Crippen LogP contribution in [0.2, 0.25) is 0 Å². The Balaban J connectivity index is 1.52. The Morgan fingerprint density at radius 2 is 1.40 bits per heavy atom. The summed E-state index contributed by atoms with van der Waals surface area (Å²) in [5, 5.41) is 2.85. The summed E-state index contributed by atoms with van der Waals surface area (Å²) in [4.78, 5) is 42.6. The first kappa shape index (κ1) is 30.7. The Labute approximate surface area is 265 Å². The molecule has 0 aromatic heterocycles. The van der Waals surface area contributed by atoms with Crippen LogP contribution in [0.5, 0.6) is 5.75 Å². The molecule has 2 aliphatic carbocycles. The fourth-order valence-corrected chi connectivity index (χ4v) is 8.07. The average molecular weight is 698 g/mol. The van der Waals surface area contributed by atoms with Crippen molar-refractivity contribution in [1.82, 2.24) is 4.90 Å². The molecule has 2 aromatic carbocycles. The maximum absolute atomic E-state index is 13.9. The van der Waals surface area contributed by atoms with Gasteiger partial charge >= 0.3 is 0 Å². The number of halogens is 2. The second-order valence-corrected chi connectivity index (χ2v) is 15.0. The summed E-state index contributed by atoms with van der Waals surface area (Å²) in [6, 6.07) is 11.4. The van der Waals surface area contributed by atoms with Gasteiger partial charge in [0.25, 0.3) is 5.91 Å². The molecule has 2 aromatic rings. The van der Waals surface area contributed by atoms with E-state index in [1.54, 1.807) is 0 Å². The largest absolute Gasteiger partial charge is 0.481 e. The minimum Gasteiger partial charge on any atom is -0.481 e. The lowest BCUT2D eigenvalue weighted by Crippen LogP contribution is -2.44. The number of aryl methyl sites for hydroxylation is 1. The second kappa shape index (κ2) is 11.4. The molecule has 0 fully saturated rings. The van der Waals surface area contributed by atoms with Crippen molar-refractivity contribution >= 4 is 55.0 Å². The number of allylic oxidation sites excluding steroid dienone is 4. The number of Topliss-reactive ketones (excluding diaryl/α,β-unsaturated/α-hetero) is 2. The summed E-state index contributed by atoms with van der Waals surface area (Å²) >= 11 is 7.32. The molecule has 5 rings (SSSR count). The van der Waals surface area contributed by atoms with Gasteiger partial charge in [-0.1, -0.05) is 45.4 Å². The molecule has 42 heavy (non-hydrogen) atoms. The van der Waals surface area contributed by atoms with E-state index in [2.05, 4.69) is 76.7 Å². The van der Waals surface area contributed by atoms with Crippen molar-refractivity contribution in [2.45, 2.75) is 73.1 Å². The molecule has 3 aliphatic rings. The number of nitrogens with one attached hydrogen (secondary N) is 1. The van der Waals surface area contributed by atoms with E-state index < -0.39 is 5.92 Å². The number of nitrogens with zero attached hydrogens (tertiary/aromatic N) is 1. The van der Waals surface area contributed by atoms with Crippen LogP contribution in [0.3, 0.4) is 0 Å². The highest BCUT2D eigenvalue weighted by Gasteiger charge is 2.48. The molecule has 0 radical (unpaired) electrons. The monoisotopic (exact) mass is 696 g/mol. The number of amides is 1. The Hall–Kier alpha value is -2.71. The van der Waals surface area contributed by atoms with E-state index in [4.69, 9.17) is 4.74 Å². The molecule has 0 bridgehead atoms. The van der Waals surface area contributed by atoms with Gasteiger partial charge in [-0.05, 0) is 99.2 Å². The highest BCUT2D eigenvalue weighted by atomic mass is 79.9. The topological polar surface area (TPSA) is 75.7 Å². The Bertz CT molecular complexity index is 1460. The molecule has 1 aliphatic heterocycles. The molecule has 1 amide bonds. The van der Waals surface area contributed by atoms with E-state index in [9.17, 15) is 14.4 Å². The number of hydrogen-bond donors (Lipinski definition) is 1. The van der Waals surface area contributed by atoms with E-state index >= 15 is 0 Å². The SMILES string of the molecule is CCN1C2=C(C(=O)CC(C)(C)C2)C(c2cc(Br)c(OCC(=O)Nc3ccc(C)cc3)c(Br)c2)C2=C1CC(C)(C)CC2=O. The zero-order valence-electron chi connectivity index (χ0n) is 25.1. The van der Waals surface area contributed by atoms with Crippen molar-refractivity contribution in [3.63, 3.8) is 0 Å². The van der Waals surface area contributed by atoms with Gasteiger partial charge in [-0.25, -0.2) is 0 Å². The van der Waals surface area contributed by atoms with Crippen molar-refractivity contribution in [3.8, 4) is 5.75 Å². The van der Waals surface area contributed by atoms with Gasteiger partial charge < -0.3 is 15.0 Å². The van der Waals surface area contributed by atoms with Gasteiger partial charge in [-0.15, -0.1) is 0 Å². The van der Waals surface area contributed by atoms with E-state index in [0.29, 0.717) is 39.8 Å². The molecule has 0 unspecified atom stereocenters. The fraction of sp³-hybridized carbons (Fsp3) is 0.441. The Kier molecular flexibility index (Phi) is 8.36. The summed E-state index contributed by atoms with van der Waals surface area (Å²) < 4.78 is 7.23. The third kappa shape index (κ3) is 6.02. The van der Waals surface area contributed by atoms with E-state index in [1.807, 2.05) is 43.3 Å². The number of ether oxygens (including phenoxy) is 1. The molecule has 8 heteroatoms. The third-order valence-electron chi connectivity index (χ3n) is 8.37. The van der Waals surface area contributed by atoms with Crippen LogP contribution in [0.25, 0.3) is 0 Å². The van der Waals surface area contributed by atoms with Gasteiger partial charge in [0.2, 0.25) is 0 Å². The summed E-state index contributed by atoms with van der Waals surface area (Å²) in [5.74, 6) is -0.0246. The van der Waals surface area contributed by atoms with Crippen LogP contribution in [0.1, 0.15) is 77.3 Å². The first-order chi connectivity index (χ1) is 19.7. The van der Waals surface area contributed by atoms with Crippen molar-refractivity contribution in [2.24, 2.45) is 10.8 Å². The predicted octanol–water partition coefficient (Wildman–Crippen LogP) is 8.24. The van der Waals surface area contributed by atoms with Gasteiger partial charge in [-0.2, -0.15) is 0 Å². The molecule has 0 saturated carbocycles. The molecule has 1 N–H and O–H groups in total. The van der Waals surface area contributed by atoms with Crippen LogP contribution >= 0.6 is 31.9 Å². The lowest BCUT2D eigenvalue weighted by atomic mass is 9.63. The first-order valence-electron chi connectivity index (χ1n) is 14.5. The number of carbonyl (C=O) groups excluding carboxylic acids is 3. The lowest BCUT2D eigenvalue weighted by Gasteiger charge is -2.49. The van der Waals surface area contributed by atoms with E-state index in [0.717, 1.165) is 46.5 Å². The van der Waals surface area contributed by atoms with Crippen LogP contribution in [-0.2, 0) is 14.4 Å². The fourth-order valence-electron chi connectivity index (χ4n) is 6.62. The molecule has 0 saturated heterocycles. The van der Waals surface area contributed by atoms with Crippen molar-refractivity contribution in [1.29, 1.82) is 0 Å². The summed E-state index contributed by atoms with van der Waals surface area (Å²) in [6.07, 6.45) is 2.45. The summed E-state index contributed by atoms with van der Waals surface area (Å²) in [6.45, 7) is 13.2. The standard InChI is InChI=1S/C34H38Br2N2O4/c1-7-38-24-14-33(3,4)16-26(39)30(24)29(31-25(38)15-34(5,6)17-27(31)40)20-12-22(35)32(23(36)13-20)42-18-28(41)37-21-10-8-19(2)9-11-21/h8-13,29H,7,14-18H2,1-6H3,(H,37,41). The highest BCUT2D eigenvalue weighted by Crippen LogP contribution is 2.55. The quantitative estimate of drug-likeness (QED) is 0.329. The van der Waals surface area contributed by atoms with Crippen LogP contribution in [0.4, 0.5) is 5.69 Å². The van der Waals surface area contributed by atoms with Crippen LogP contribution in [0.15, 0.2) is 67.9 Å². The minimum absolute atomic E-state index is 0.106. The molecular formula is C34H38Br2N2O4. The third-order valence-corrected chi connectivity index (χ3v) is 9.55. The maximum atomic E-state index is 13.9. The molecule has 0 atom stereocenters. The Morgan fingerprint density at radius 3 is 1.88 bits per heavy atom. The smallest absolute Gasteiger partial charge is 0.262 e. The van der Waals surface area contributed by atoms with Gasteiger partial charge in [0.15, 0.2) is 18.2 Å². The number of anilines is 1. The van der Waals surface area contributed by atoms with Crippen molar-refractivity contribution in [2.75, 3.05) is 18.5 Å². The second-order valence-electron chi connectivity index (χ2n) is 13.3. The van der Waals surface area contributed by atoms with Gasteiger partial charge in [0, 0.05) is 53.5 Å². The molecule has 1 heterocycles. The van der Waals surface area contributed by atoms with Crippen LogP contribution in [-0.4, -0.2) is 35.5 Å². The zero-order valence-corrected chi connectivity index (χ0v) is 28.3. The van der Waals surface area contributed by atoms with Gasteiger partial charge in [0.1, 0.15) is 5.75 Å². The predicted molar refractivity (Wildman–Crippen MR) is 172 cm³/mol. The van der Waals surface area contributed by atoms with Crippen LogP contribution < -0.4 is 10.1 Å². The van der Waals surface area contributed by atoms with Crippen LogP contribution in [0, 0.1) is 17.8 Å². The molecular weight excluding hydrogens is 660 g/mol. The van der Waals surface area contributed by atoms with Crippen molar-refractivity contribution < 1.29 is 19.1 Å². The van der Waals surface area contributed by atoms with E-state index in [1.165, 1.54) is 0 Å². The van der Waals surface area contributed by atoms with Crippen molar-refractivity contribution in [3.05, 3.63) is 79.0 Å². The average Bonchev–Trinajstić information content (AvgIpc) is 2.87. The number of ketones is 2. The number of benzene rings is 2. The normalized spacial score (nSPS) is 20.0. The summed E-state index contributed by atoms with van der Waals surface area (Å²) in [7, 11) is 0. The summed E-state index contributed by atoms with van der Waals surface area (Å²) in [5.41, 5.74) is 5.94. The first-order valence-corrected chi connectivity index (χ1v) is 16.1. The maximum Gasteiger partial charge on any atom is 0.262 e. The minimum atomic E-state index is -0.448. The molecule has 0 spiro atoms. The van der Waals surface area contributed by atoms with Gasteiger partial charge in [0.05, 0.1) is 8.95 Å². The number of rotatable bonds is 6. The highest BCUT2D eigenvalue weighted by molar-refractivity contribution is 9.11. The van der Waals surface area contributed by atoms with E-state index in [-0.39, 0.29) is 34.9 Å².